The summed E-state index contributed by atoms with van der Waals surface area (Å²) in [6.07, 6.45) is 0. The fourth-order valence-electron chi connectivity index (χ4n) is 4.46. The molecule has 1 aliphatic rings. The highest BCUT2D eigenvalue weighted by Crippen LogP contribution is 2.29. The molecule has 0 unspecified atom stereocenters. The molecule has 0 radical (unpaired) electrons. The van der Waals surface area contributed by atoms with E-state index >= 15 is 0 Å². The predicted molar refractivity (Wildman–Crippen MR) is 130 cm³/mol. The maximum Gasteiger partial charge on any atom is 0.289 e. The summed E-state index contributed by atoms with van der Waals surface area (Å²) in [4.78, 5) is 29.8. The van der Waals surface area contributed by atoms with Crippen LogP contribution in [0.5, 0.6) is 0 Å². The normalized spacial score (nSPS) is 14.7. The number of amides is 1. The van der Waals surface area contributed by atoms with Gasteiger partial charge in [-0.3, -0.25) is 14.5 Å². The second kappa shape index (κ2) is 9.22. The molecule has 33 heavy (non-hydrogen) atoms. The van der Waals surface area contributed by atoms with E-state index in [0.29, 0.717) is 42.2 Å². The Bertz CT molecular complexity index is 1290. The van der Waals surface area contributed by atoms with Gasteiger partial charge in [-0.2, -0.15) is 0 Å². The Morgan fingerprint density at radius 3 is 2.03 bits per heavy atom. The van der Waals surface area contributed by atoms with E-state index in [0.717, 1.165) is 0 Å². The Labute approximate surface area is 196 Å². The van der Waals surface area contributed by atoms with Crippen molar-refractivity contribution in [2.24, 2.45) is 0 Å². The Hall–Kier alpha value is -3.41. The van der Waals surface area contributed by atoms with Crippen molar-refractivity contribution in [3.05, 3.63) is 117 Å². The van der Waals surface area contributed by atoms with E-state index in [2.05, 4.69) is 53.4 Å². The van der Waals surface area contributed by atoms with Gasteiger partial charge in [0.1, 0.15) is 5.58 Å². The lowest BCUT2D eigenvalue weighted by atomic mass is 9.96. The summed E-state index contributed by atoms with van der Waals surface area (Å²) >= 11 is 5.98. The molecule has 0 atom stereocenters. The van der Waals surface area contributed by atoms with Crippen LogP contribution in [0.2, 0.25) is 5.02 Å². The number of carbonyl (C=O) groups excluding carboxylic acids is 1. The van der Waals surface area contributed by atoms with Crippen LogP contribution < -0.4 is 5.43 Å². The Morgan fingerprint density at radius 2 is 1.42 bits per heavy atom. The first kappa shape index (κ1) is 21.4. The molecule has 0 bridgehead atoms. The summed E-state index contributed by atoms with van der Waals surface area (Å²) in [5.41, 5.74) is 2.54. The van der Waals surface area contributed by atoms with Crippen molar-refractivity contribution in [1.29, 1.82) is 0 Å². The van der Waals surface area contributed by atoms with E-state index < -0.39 is 0 Å². The fraction of sp³-hybridized carbons (Fsp3) is 0.185. The SMILES string of the molecule is O=C(c1cc(=O)c2cc(Cl)ccc2o1)N1CCN(C(c2ccccc2)c2ccccc2)CC1. The molecule has 6 heteroatoms. The van der Waals surface area contributed by atoms with Gasteiger partial charge in [0.25, 0.3) is 5.91 Å². The Balaban J connectivity index is 1.36. The highest BCUT2D eigenvalue weighted by Gasteiger charge is 2.29. The Morgan fingerprint density at radius 1 is 0.818 bits per heavy atom. The number of rotatable bonds is 4. The molecule has 4 aromatic rings. The van der Waals surface area contributed by atoms with Gasteiger partial charge in [0.05, 0.1) is 11.4 Å². The third-order valence-electron chi connectivity index (χ3n) is 6.10. The van der Waals surface area contributed by atoms with Gasteiger partial charge in [0, 0.05) is 37.3 Å². The van der Waals surface area contributed by atoms with Crippen LogP contribution in [0.4, 0.5) is 0 Å². The smallest absolute Gasteiger partial charge is 0.289 e. The van der Waals surface area contributed by atoms with E-state index in [4.69, 9.17) is 16.0 Å². The van der Waals surface area contributed by atoms with Gasteiger partial charge in [-0.1, -0.05) is 72.3 Å². The maximum absolute atomic E-state index is 13.1. The van der Waals surface area contributed by atoms with Gasteiger partial charge in [-0.15, -0.1) is 0 Å². The molecule has 5 rings (SSSR count). The standard InChI is InChI=1S/C27H23ClN2O3/c28-21-11-12-24-22(17-21)23(31)18-25(33-24)27(32)30-15-13-29(14-16-30)26(19-7-3-1-4-8-19)20-9-5-2-6-10-20/h1-12,17-18,26H,13-16H2. The number of nitrogens with zero attached hydrogens (tertiary/aromatic N) is 2. The van der Waals surface area contributed by atoms with Crippen molar-refractivity contribution in [1.82, 2.24) is 9.80 Å². The number of piperazine rings is 1. The van der Waals surface area contributed by atoms with E-state index in [1.165, 1.54) is 17.2 Å². The number of halogens is 1. The first-order valence-corrected chi connectivity index (χ1v) is 11.3. The molecule has 0 aliphatic carbocycles. The summed E-state index contributed by atoms with van der Waals surface area (Å²) in [7, 11) is 0. The van der Waals surface area contributed by atoms with Crippen LogP contribution in [0.1, 0.15) is 27.7 Å². The second-order valence-electron chi connectivity index (χ2n) is 8.17. The topological polar surface area (TPSA) is 53.8 Å². The maximum atomic E-state index is 13.1. The van der Waals surface area contributed by atoms with Crippen LogP contribution in [0.15, 0.2) is 94.1 Å². The zero-order valence-corrected chi connectivity index (χ0v) is 18.7. The molecule has 0 N–H and O–H groups in total. The van der Waals surface area contributed by atoms with Crippen molar-refractivity contribution in [2.75, 3.05) is 26.2 Å². The first-order chi connectivity index (χ1) is 16.1. The van der Waals surface area contributed by atoms with Crippen molar-refractivity contribution < 1.29 is 9.21 Å². The van der Waals surface area contributed by atoms with Crippen molar-refractivity contribution in [3.8, 4) is 0 Å². The summed E-state index contributed by atoms with van der Waals surface area (Å²) < 4.78 is 5.76. The lowest BCUT2D eigenvalue weighted by Crippen LogP contribution is -2.50. The van der Waals surface area contributed by atoms with Crippen LogP contribution in [-0.2, 0) is 0 Å². The van der Waals surface area contributed by atoms with Crippen LogP contribution in [-0.4, -0.2) is 41.9 Å². The number of hydrogen-bond donors (Lipinski definition) is 0. The number of carbonyl (C=O) groups is 1. The van der Waals surface area contributed by atoms with Gasteiger partial charge in [-0.05, 0) is 29.3 Å². The zero-order valence-electron chi connectivity index (χ0n) is 18.0. The minimum atomic E-state index is -0.269. The molecule has 3 aromatic carbocycles. The second-order valence-corrected chi connectivity index (χ2v) is 8.60. The molecule has 1 aliphatic heterocycles. The van der Waals surface area contributed by atoms with E-state index in [1.54, 1.807) is 23.1 Å². The molecule has 1 fully saturated rings. The third-order valence-corrected chi connectivity index (χ3v) is 6.33. The van der Waals surface area contributed by atoms with Gasteiger partial charge in [-0.25, -0.2) is 0 Å². The molecule has 0 saturated carbocycles. The van der Waals surface area contributed by atoms with Crippen molar-refractivity contribution >= 4 is 28.5 Å². The molecule has 1 saturated heterocycles. The molecular formula is C27H23ClN2O3. The van der Waals surface area contributed by atoms with Crippen molar-refractivity contribution in [3.63, 3.8) is 0 Å². The molecule has 2 heterocycles. The summed E-state index contributed by atoms with van der Waals surface area (Å²) in [6, 6.07) is 27.1. The Kier molecular flexibility index (Phi) is 5.99. The number of hydrogen-bond acceptors (Lipinski definition) is 4. The lowest BCUT2D eigenvalue weighted by molar-refractivity contribution is 0.0568. The minimum Gasteiger partial charge on any atom is -0.451 e. The summed E-state index contributed by atoms with van der Waals surface area (Å²) in [5, 5.41) is 0.828. The molecule has 1 amide bonds. The highest BCUT2D eigenvalue weighted by atomic mass is 35.5. The highest BCUT2D eigenvalue weighted by molar-refractivity contribution is 6.31. The van der Waals surface area contributed by atoms with E-state index in [1.807, 2.05) is 12.1 Å². The predicted octanol–water partition coefficient (Wildman–Crippen LogP) is 4.99. The lowest BCUT2D eigenvalue weighted by Gasteiger charge is -2.39. The average molecular weight is 459 g/mol. The molecule has 5 nitrogen and oxygen atoms in total. The van der Waals surface area contributed by atoms with Crippen LogP contribution >= 0.6 is 11.6 Å². The monoisotopic (exact) mass is 458 g/mol. The summed E-state index contributed by atoms with van der Waals surface area (Å²) in [6.45, 7) is 2.54. The minimum absolute atomic E-state index is 0.0611. The summed E-state index contributed by atoms with van der Waals surface area (Å²) in [5.74, 6) is -0.203. The third kappa shape index (κ3) is 4.42. The largest absolute Gasteiger partial charge is 0.451 e. The van der Waals surface area contributed by atoms with Crippen molar-refractivity contribution in [2.45, 2.75) is 6.04 Å². The van der Waals surface area contributed by atoms with E-state index in [9.17, 15) is 9.59 Å². The molecule has 1 aromatic heterocycles. The van der Waals surface area contributed by atoms with Gasteiger partial charge < -0.3 is 9.32 Å². The van der Waals surface area contributed by atoms with Gasteiger partial charge >= 0.3 is 0 Å². The number of fused-ring (bicyclic) bond motifs is 1. The molecular weight excluding hydrogens is 436 g/mol. The van der Waals surface area contributed by atoms with Crippen LogP contribution in [0.3, 0.4) is 0 Å². The first-order valence-electron chi connectivity index (χ1n) is 11.0. The quantitative estimate of drug-likeness (QED) is 0.432. The van der Waals surface area contributed by atoms with Crippen LogP contribution in [0, 0.1) is 0 Å². The van der Waals surface area contributed by atoms with Gasteiger partial charge in [0.15, 0.2) is 11.2 Å². The molecule has 166 valence electrons. The zero-order chi connectivity index (χ0) is 22.8. The molecule has 0 spiro atoms. The fourth-order valence-corrected chi connectivity index (χ4v) is 4.63. The van der Waals surface area contributed by atoms with Crippen LogP contribution in [0.25, 0.3) is 11.0 Å². The van der Waals surface area contributed by atoms with Gasteiger partial charge in [0.2, 0.25) is 0 Å². The van der Waals surface area contributed by atoms with E-state index in [-0.39, 0.29) is 23.1 Å². The number of benzene rings is 3. The average Bonchev–Trinajstić information content (AvgIpc) is 2.86.